The fourth-order valence-corrected chi connectivity index (χ4v) is 7.75. The number of anilines is 2. The summed E-state index contributed by atoms with van der Waals surface area (Å²) in [5, 5.41) is 5.30. The van der Waals surface area contributed by atoms with Gasteiger partial charge >= 0.3 is 0 Å². The number of hydrogen-bond acceptors (Lipinski definition) is 6. The molecular formula is C42H44Cl2N8O2. The highest BCUT2D eigenvalue weighted by atomic mass is 35.5. The van der Waals surface area contributed by atoms with E-state index >= 15 is 0 Å². The van der Waals surface area contributed by atoms with Crippen molar-refractivity contribution in [3.8, 4) is 22.5 Å². The van der Waals surface area contributed by atoms with Crippen LogP contribution in [0.4, 0.5) is 11.5 Å². The van der Waals surface area contributed by atoms with Crippen LogP contribution in [0.1, 0.15) is 48.3 Å². The van der Waals surface area contributed by atoms with Crippen molar-refractivity contribution in [3.05, 3.63) is 119 Å². The first kappa shape index (κ1) is 37.2. The van der Waals surface area contributed by atoms with Crippen LogP contribution in [0.2, 0.25) is 10.0 Å². The molecule has 278 valence electrons. The SMILES string of the molecule is CC(c1ccc(Cl)cc1)n1cnc(-c2ccccc2)c1-c1c(C(=O)Nc2cccnc2N2CCC(N(C)CCCN(C)C=O)CC2)[nH]c2cc(Cl)ccc12. The highest BCUT2D eigenvalue weighted by Crippen LogP contribution is 2.42. The van der Waals surface area contributed by atoms with E-state index in [4.69, 9.17) is 33.2 Å². The number of aromatic amines is 1. The van der Waals surface area contributed by atoms with Crippen LogP contribution in [0, 0.1) is 0 Å². The van der Waals surface area contributed by atoms with Crippen molar-refractivity contribution >= 4 is 57.9 Å². The highest BCUT2D eigenvalue weighted by molar-refractivity contribution is 6.31. The van der Waals surface area contributed by atoms with E-state index in [2.05, 4.69) is 38.6 Å². The molecule has 2 N–H and O–H groups in total. The molecule has 10 nitrogen and oxygen atoms in total. The maximum Gasteiger partial charge on any atom is 0.272 e. The first-order valence-corrected chi connectivity index (χ1v) is 19.0. The lowest BCUT2D eigenvalue weighted by Crippen LogP contribution is -2.44. The first-order chi connectivity index (χ1) is 26.2. The second kappa shape index (κ2) is 16.5. The number of halogens is 2. The number of H-pyrrole nitrogens is 1. The fourth-order valence-electron chi connectivity index (χ4n) is 7.45. The standard InChI is InChI=1S/C42H44Cl2N8O2/c1-28(29-12-14-31(43)15-13-29)52-26-46-38(30-9-5-4-6-10-30)40(52)37-34-17-16-32(44)25-36(34)47-39(37)42(54)48-35-11-7-20-45-41(35)51-23-18-33(19-24-51)50(3)22-8-21-49(2)27-53/h4-7,9-17,20,25-28,33,47H,8,18-19,21-24H2,1-3H3,(H,48,54). The van der Waals surface area contributed by atoms with Gasteiger partial charge in [0.15, 0.2) is 5.82 Å². The summed E-state index contributed by atoms with van der Waals surface area (Å²) < 4.78 is 2.12. The van der Waals surface area contributed by atoms with E-state index in [0.29, 0.717) is 27.5 Å². The number of imidazole rings is 1. The summed E-state index contributed by atoms with van der Waals surface area (Å²) in [5.74, 6) is 0.444. The number of nitrogens with one attached hydrogen (secondary N) is 2. The van der Waals surface area contributed by atoms with Gasteiger partial charge in [0.25, 0.3) is 5.91 Å². The zero-order valence-electron chi connectivity index (χ0n) is 30.7. The third-order valence-electron chi connectivity index (χ3n) is 10.5. The monoisotopic (exact) mass is 762 g/mol. The number of carbonyl (C=O) groups is 2. The van der Waals surface area contributed by atoms with Crippen LogP contribution in [-0.4, -0.2) is 88.0 Å². The summed E-state index contributed by atoms with van der Waals surface area (Å²) in [6, 6.07) is 27.5. The van der Waals surface area contributed by atoms with Crippen LogP contribution < -0.4 is 10.2 Å². The van der Waals surface area contributed by atoms with Crippen LogP contribution >= 0.6 is 23.2 Å². The predicted octanol–water partition coefficient (Wildman–Crippen LogP) is 8.64. The fraction of sp³-hybridized carbons (Fsp3) is 0.286. The van der Waals surface area contributed by atoms with Crippen LogP contribution in [0.3, 0.4) is 0 Å². The number of amides is 2. The minimum atomic E-state index is -0.299. The molecule has 54 heavy (non-hydrogen) atoms. The van der Waals surface area contributed by atoms with Gasteiger partial charge in [-0.1, -0.05) is 71.7 Å². The quantitative estimate of drug-likeness (QED) is 0.114. The van der Waals surface area contributed by atoms with Crippen molar-refractivity contribution in [3.63, 3.8) is 0 Å². The molecule has 0 bridgehead atoms. The molecular weight excluding hydrogens is 719 g/mol. The van der Waals surface area contributed by atoms with E-state index in [1.807, 2.05) is 98.3 Å². The average Bonchev–Trinajstić information content (AvgIpc) is 3.80. The summed E-state index contributed by atoms with van der Waals surface area (Å²) >= 11 is 12.8. The van der Waals surface area contributed by atoms with E-state index in [1.165, 1.54) is 0 Å². The minimum absolute atomic E-state index is 0.139. The van der Waals surface area contributed by atoms with E-state index < -0.39 is 0 Å². The zero-order chi connectivity index (χ0) is 37.8. The van der Waals surface area contributed by atoms with E-state index in [9.17, 15) is 9.59 Å². The van der Waals surface area contributed by atoms with Crippen molar-refractivity contribution in [2.75, 3.05) is 50.5 Å². The van der Waals surface area contributed by atoms with Crippen molar-refractivity contribution in [2.45, 2.75) is 38.3 Å². The predicted molar refractivity (Wildman–Crippen MR) is 219 cm³/mol. The maximum atomic E-state index is 14.7. The number of pyridine rings is 1. The molecule has 0 aliphatic carbocycles. The molecule has 1 saturated heterocycles. The molecule has 2 amide bonds. The molecule has 1 fully saturated rings. The second-order valence-corrected chi connectivity index (χ2v) is 14.8. The lowest BCUT2D eigenvalue weighted by molar-refractivity contribution is -0.117. The van der Waals surface area contributed by atoms with Crippen LogP contribution in [0.15, 0.2) is 97.5 Å². The molecule has 3 aromatic heterocycles. The third kappa shape index (κ3) is 7.87. The minimum Gasteiger partial charge on any atom is -0.355 e. The largest absolute Gasteiger partial charge is 0.355 e. The Labute approximate surface area is 325 Å². The Morgan fingerprint density at radius 1 is 0.963 bits per heavy atom. The van der Waals surface area contributed by atoms with Crippen LogP contribution in [-0.2, 0) is 4.79 Å². The lowest BCUT2D eigenvalue weighted by Gasteiger charge is -2.38. The Morgan fingerprint density at radius 3 is 2.44 bits per heavy atom. The molecule has 1 aliphatic rings. The molecule has 1 unspecified atom stereocenters. The van der Waals surface area contributed by atoms with E-state index in [0.717, 1.165) is 96.7 Å². The smallest absolute Gasteiger partial charge is 0.272 e. The van der Waals surface area contributed by atoms with Gasteiger partial charge in [-0.3, -0.25) is 9.59 Å². The first-order valence-electron chi connectivity index (χ1n) is 18.3. The molecule has 7 rings (SSSR count). The molecule has 0 spiro atoms. The van der Waals surface area contributed by atoms with Gasteiger partial charge in [0.05, 0.1) is 29.4 Å². The number of benzene rings is 3. The highest BCUT2D eigenvalue weighted by Gasteiger charge is 2.29. The lowest BCUT2D eigenvalue weighted by atomic mass is 9.99. The molecule has 1 atom stereocenters. The van der Waals surface area contributed by atoms with Gasteiger partial charge in [0.2, 0.25) is 6.41 Å². The second-order valence-electron chi connectivity index (χ2n) is 14.0. The summed E-state index contributed by atoms with van der Waals surface area (Å²) in [5.41, 5.74) is 6.04. The van der Waals surface area contributed by atoms with Gasteiger partial charge in [0.1, 0.15) is 5.69 Å². The summed E-state index contributed by atoms with van der Waals surface area (Å²) in [6.45, 7) is 5.40. The van der Waals surface area contributed by atoms with E-state index in [-0.39, 0.29) is 11.9 Å². The van der Waals surface area contributed by atoms with Gasteiger partial charge < -0.3 is 29.6 Å². The number of hydrogen-bond donors (Lipinski definition) is 2. The van der Waals surface area contributed by atoms with Crippen molar-refractivity contribution in [2.24, 2.45) is 0 Å². The number of carbonyl (C=O) groups excluding carboxylic acids is 2. The van der Waals surface area contributed by atoms with Gasteiger partial charge in [-0.05, 0) is 81.7 Å². The normalized spacial score (nSPS) is 14.1. The molecule has 12 heteroatoms. The Hall–Kier alpha value is -5.16. The average molecular weight is 764 g/mol. The maximum absolute atomic E-state index is 14.7. The Balaban J connectivity index is 1.22. The number of aromatic nitrogens is 4. The zero-order valence-corrected chi connectivity index (χ0v) is 32.2. The van der Waals surface area contributed by atoms with Crippen LogP contribution in [0.5, 0.6) is 0 Å². The number of nitrogens with zero attached hydrogens (tertiary/aromatic N) is 6. The third-order valence-corrected chi connectivity index (χ3v) is 10.9. The van der Waals surface area contributed by atoms with Crippen molar-refractivity contribution in [1.29, 1.82) is 0 Å². The Bertz CT molecular complexity index is 2230. The van der Waals surface area contributed by atoms with Gasteiger partial charge in [-0.2, -0.15) is 0 Å². The molecule has 3 aromatic carbocycles. The van der Waals surface area contributed by atoms with Crippen molar-refractivity contribution in [1.82, 2.24) is 29.3 Å². The van der Waals surface area contributed by atoms with Gasteiger partial charge in [-0.25, -0.2) is 9.97 Å². The number of rotatable bonds is 13. The Kier molecular flexibility index (Phi) is 11.3. The summed E-state index contributed by atoms with van der Waals surface area (Å²) in [4.78, 5) is 45.1. The van der Waals surface area contributed by atoms with Crippen molar-refractivity contribution < 1.29 is 9.59 Å². The topological polar surface area (TPSA) is 102 Å². The van der Waals surface area contributed by atoms with E-state index in [1.54, 1.807) is 11.1 Å². The molecule has 1 aliphatic heterocycles. The molecule has 0 saturated carbocycles. The number of piperidine rings is 1. The molecule has 0 radical (unpaired) electrons. The Morgan fingerprint density at radius 2 is 1.70 bits per heavy atom. The molecule has 4 heterocycles. The van der Waals surface area contributed by atoms with Gasteiger partial charge in [-0.15, -0.1) is 0 Å². The number of fused-ring (bicyclic) bond motifs is 1. The molecule has 6 aromatic rings. The summed E-state index contributed by atoms with van der Waals surface area (Å²) in [7, 11) is 3.97. The summed E-state index contributed by atoms with van der Waals surface area (Å²) in [6.07, 6.45) is 7.35. The van der Waals surface area contributed by atoms with Crippen LogP contribution in [0.25, 0.3) is 33.4 Å². The van der Waals surface area contributed by atoms with Gasteiger partial charge in [0, 0.05) is 71.0 Å².